The third-order valence-electron chi connectivity index (χ3n) is 3.96. The van der Waals surface area contributed by atoms with Crippen LogP contribution in [0.4, 0.5) is 16.0 Å². The summed E-state index contributed by atoms with van der Waals surface area (Å²) in [6, 6.07) is 3.68. The second kappa shape index (κ2) is 8.89. The molecular formula is C19H26FN5O4. The molecule has 0 fully saturated rings. The third kappa shape index (κ3) is 5.21. The van der Waals surface area contributed by atoms with Gasteiger partial charge in [0.05, 0.1) is 6.10 Å². The van der Waals surface area contributed by atoms with Crippen molar-refractivity contribution in [3.8, 4) is 5.75 Å². The van der Waals surface area contributed by atoms with E-state index in [0.29, 0.717) is 0 Å². The van der Waals surface area contributed by atoms with Crippen LogP contribution in [0.25, 0.3) is 0 Å². The largest absolute Gasteiger partial charge is 0.488 e. The standard InChI is InChI=1S/C19H26FN5O4/c1-11(2)25-18(27)22-17(24(19(25)28)10-16(26)23(5)6)21-13-7-8-15(14(20)9-13)29-12(3)4/h7-9,11-12H,10H2,1-6H3,(H,21,22,27). The molecule has 158 valence electrons. The van der Waals surface area contributed by atoms with E-state index in [1.807, 2.05) is 0 Å². The van der Waals surface area contributed by atoms with Crippen molar-refractivity contribution in [3.05, 3.63) is 45.0 Å². The van der Waals surface area contributed by atoms with Crippen molar-refractivity contribution in [1.82, 2.24) is 19.0 Å². The van der Waals surface area contributed by atoms with Gasteiger partial charge in [-0.25, -0.2) is 18.5 Å². The van der Waals surface area contributed by atoms with Gasteiger partial charge in [-0.2, -0.15) is 4.98 Å². The Labute approximate surface area is 167 Å². The molecule has 0 aliphatic heterocycles. The quantitative estimate of drug-likeness (QED) is 0.751. The van der Waals surface area contributed by atoms with E-state index in [9.17, 15) is 18.8 Å². The summed E-state index contributed by atoms with van der Waals surface area (Å²) in [5.74, 6) is -1.05. The maximum atomic E-state index is 14.3. The van der Waals surface area contributed by atoms with E-state index in [4.69, 9.17) is 4.74 Å². The summed E-state index contributed by atoms with van der Waals surface area (Å²) >= 11 is 0. The number of nitrogens with one attached hydrogen (secondary N) is 1. The highest BCUT2D eigenvalue weighted by Crippen LogP contribution is 2.23. The Balaban J connectivity index is 2.51. The monoisotopic (exact) mass is 407 g/mol. The molecule has 1 amide bonds. The number of carbonyl (C=O) groups is 1. The highest BCUT2D eigenvalue weighted by atomic mass is 19.1. The minimum Gasteiger partial charge on any atom is -0.488 e. The minimum absolute atomic E-state index is 0.0777. The zero-order valence-corrected chi connectivity index (χ0v) is 17.4. The number of carbonyl (C=O) groups excluding carboxylic acids is 1. The maximum absolute atomic E-state index is 14.3. The number of likely N-dealkylation sites (N-methyl/N-ethyl adjacent to an activating group) is 1. The first-order chi connectivity index (χ1) is 13.5. The van der Waals surface area contributed by atoms with Gasteiger partial charge in [0.25, 0.3) is 0 Å². The fourth-order valence-electron chi connectivity index (χ4n) is 2.52. The van der Waals surface area contributed by atoms with Crippen molar-refractivity contribution in [2.75, 3.05) is 19.4 Å². The molecule has 0 aliphatic carbocycles. The molecule has 1 N–H and O–H groups in total. The first-order valence-electron chi connectivity index (χ1n) is 9.18. The highest BCUT2D eigenvalue weighted by Gasteiger charge is 2.19. The number of nitrogens with zero attached hydrogens (tertiary/aromatic N) is 4. The molecule has 0 bridgehead atoms. The Hall–Kier alpha value is -3.17. The van der Waals surface area contributed by atoms with Gasteiger partial charge in [0.2, 0.25) is 11.9 Å². The van der Waals surface area contributed by atoms with Gasteiger partial charge in [0.15, 0.2) is 11.6 Å². The SMILES string of the molecule is CC(C)Oc1ccc(Nc2nc(=O)n(C(C)C)c(=O)n2CC(=O)N(C)C)cc1F. The zero-order chi connectivity index (χ0) is 21.9. The molecule has 0 saturated carbocycles. The molecule has 0 unspecified atom stereocenters. The van der Waals surface area contributed by atoms with Crippen LogP contribution in [0, 0.1) is 5.82 Å². The van der Waals surface area contributed by atoms with Gasteiger partial charge in [-0.1, -0.05) is 0 Å². The van der Waals surface area contributed by atoms with Crippen molar-refractivity contribution in [3.63, 3.8) is 0 Å². The number of hydrogen-bond donors (Lipinski definition) is 1. The molecule has 10 heteroatoms. The van der Waals surface area contributed by atoms with E-state index < -0.39 is 23.2 Å². The van der Waals surface area contributed by atoms with Crippen LogP contribution >= 0.6 is 0 Å². The normalized spacial score (nSPS) is 11.1. The third-order valence-corrected chi connectivity index (χ3v) is 3.96. The zero-order valence-electron chi connectivity index (χ0n) is 17.4. The van der Waals surface area contributed by atoms with Gasteiger partial charge in [-0.05, 0) is 39.8 Å². The van der Waals surface area contributed by atoms with Crippen LogP contribution in [0.5, 0.6) is 5.75 Å². The predicted molar refractivity (Wildman–Crippen MR) is 107 cm³/mol. The summed E-state index contributed by atoms with van der Waals surface area (Å²) in [4.78, 5) is 42.5. The van der Waals surface area contributed by atoms with Crippen molar-refractivity contribution >= 4 is 17.5 Å². The predicted octanol–water partition coefficient (Wildman–Crippen LogP) is 1.74. The van der Waals surface area contributed by atoms with Gasteiger partial charge in [0, 0.05) is 31.9 Å². The second-order valence-electron chi connectivity index (χ2n) is 7.28. The summed E-state index contributed by atoms with van der Waals surface area (Å²) in [6.45, 7) is 6.56. The second-order valence-corrected chi connectivity index (χ2v) is 7.28. The Morgan fingerprint density at radius 2 is 1.90 bits per heavy atom. The number of benzene rings is 1. The molecule has 1 aromatic heterocycles. The van der Waals surface area contributed by atoms with Crippen LogP contribution < -0.4 is 21.4 Å². The summed E-state index contributed by atoms with van der Waals surface area (Å²) in [7, 11) is 3.10. The van der Waals surface area contributed by atoms with Gasteiger partial charge < -0.3 is 15.0 Å². The summed E-state index contributed by atoms with van der Waals surface area (Å²) in [6.07, 6.45) is -0.198. The van der Waals surface area contributed by atoms with Crippen LogP contribution in [0.2, 0.25) is 0 Å². The van der Waals surface area contributed by atoms with Gasteiger partial charge >= 0.3 is 11.4 Å². The number of halogens is 1. The molecule has 1 aromatic carbocycles. The van der Waals surface area contributed by atoms with Crippen molar-refractivity contribution < 1.29 is 13.9 Å². The van der Waals surface area contributed by atoms with E-state index in [1.165, 1.54) is 17.0 Å². The molecule has 1 heterocycles. The topological polar surface area (TPSA) is 98.5 Å². The molecule has 0 saturated heterocycles. The number of rotatable bonds is 7. The lowest BCUT2D eigenvalue weighted by Gasteiger charge is -2.18. The van der Waals surface area contributed by atoms with Crippen LogP contribution in [-0.2, 0) is 11.3 Å². The summed E-state index contributed by atoms with van der Waals surface area (Å²) in [5, 5.41) is 2.76. The van der Waals surface area contributed by atoms with E-state index in [2.05, 4.69) is 10.3 Å². The fourth-order valence-corrected chi connectivity index (χ4v) is 2.52. The number of anilines is 2. The van der Waals surface area contributed by atoms with E-state index in [1.54, 1.807) is 41.8 Å². The lowest BCUT2D eigenvalue weighted by atomic mass is 10.3. The van der Waals surface area contributed by atoms with Crippen LogP contribution in [0.3, 0.4) is 0 Å². The Bertz CT molecular complexity index is 1010. The van der Waals surface area contributed by atoms with Gasteiger partial charge in [-0.3, -0.25) is 9.36 Å². The smallest absolute Gasteiger partial charge is 0.355 e. The highest BCUT2D eigenvalue weighted by molar-refractivity contribution is 5.75. The summed E-state index contributed by atoms with van der Waals surface area (Å²) < 4.78 is 21.6. The van der Waals surface area contributed by atoms with Crippen LogP contribution in [0.15, 0.2) is 27.8 Å². The molecule has 0 atom stereocenters. The van der Waals surface area contributed by atoms with Gasteiger partial charge in [-0.15, -0.1) is 0 Å². The number of hydrogen-bond acceptors (Lipinski definition) is 6. The molecule has 0 spiro atoms. The van der Waals surface area contributed by atoms with Crippen LogP contribution in [-0.4, -0.2) is 45.1 Å². The molecule has 2 aromatic rings. The van der Waals surface area contributed by atoms with Gasteiger partial charge in [0.1, 0.15) is 6.54 Å². The van der Waals surface area contributed by atoms with Crippen molar-refractivity contribution in [1.29, 1.82) is 0 Å². The van der Waals surface area contributed by atoms with Crippen molar-refractivity contribution in [2.45, 2.75) is 46.4 Å². The molecule has 29 heavy (non-hydrogen) atoms. The minimum atomic E-state index is -0.763. The number of aromatic nitrogens is 3. The molecule has 2 rings (SSSR count). The average Bonchev–Trinajstić information content (AvgIpc) is 2.59. The average molecular weight is 407 g/mol. The van der Waals surface area contributed by atoms with E-state index >= 15 is 0 Å². The molecule has 9 nitrogen and oxygen atoms in total. The lowest BCUT2D eigenvalue weighted by Crippen LogP contribution is -2.45. The number of amides is 1. The molecule has 0 radical (unpaired) electrons. The first kappa shape index (κ1) is 22.1. The number of ether oxygens (including phenoxy) is 1. The fraction of sp³-hybridized carbons (Fsp3) is 0.474. The Morgan fingerprint density at radius 3 is 2.41 bits per heavy atom. The van der Waals surface area contributed by atoms with Crippen LogP contribution in [0.1, 0.15) is 33.7 Å². The lowest BCUT2D eigenvalue weighted by molar-refractivity contribution is -0.129. The van der Waals surface area contributed by atoms with E-state index in [0.717, 1.165) is 15.2 Å². The Kier molecular flexibility index (Phi) is 6.78. The summed E-state index contributed by atoms with van der Waals surface area (Å²) in [5.41, 5.74) is -1.20. The molecular weight excluding hydrogens is 381 g/mol. The maximum Gasteiger partial charge on any atom is 0.355 e. The van der Waals surface area contributed by atoms with Crippen molar-refractivity contribution in [2.24, 2.45) is 0 Å². The molecule has 0 aliphatic rings. The first-order valence-corrected chi connectivity index (χ1v) is 9.18. The Morgan fingerprint density at radius 1 is 1.24 bits per heavy atom. The van der Waals surface area contributed by atoms with E-state index in [-0.39, 0.29) is 35.9 Å².